The maximum absolute atomic E-state index is 13.7. The van der Waals surface area contributed by atoms with Gasteiger partial charge in [-0.1, -0.05) is 6.42 Å². The Morgan fingerprint density at radius 1 is 0.730 bits per heavy atom. The molecule has 5 rings (SSSR count). The number of benzene rings is 1. The number of hydrogen-bond donors (Lipinski definition) is 6. The maximum Gasteiger partial charge on any atom is 0.315 e. The van der Waals surface area contributed by atoms with E-state index < -0.39 is 17.6 Å². The summed E-state index contributed by atoms with van der Waals surface area (Å²) in [6.07, 6.45) is 5.47. The van der Waals surface area contributed by atoms with Crippen molar-refractivity contribution in [1.29, 1.82) is 0 Å². The number of urea groups is 1. The molecule has 3 heterocycles. The third-order valence-electron chi connectivity index (χ3n) is 12.9. The number of nitrogens with zero attached hydrogens (tertiary/aromatic N) is 1. The molecule has 1 aliphatic carbocycles. The molecule has 0 radical (unpaired) electrons. The van der Waals surface area contributed by atoms with E-state index in [9.17, 15) is 33.2 Å². The first kappa shape index (κ1) is 60.1. The van der Waals surface area contributed by atoms with Gasteiger partial charge in [0.25, 0.3) is 17.6 Å². The van der Waals surface area contributed by atoms with Crippen LogP contribution in [-0.4, -0.2) is 187 Å². The van der Waals surface area contributed by atoms with Gasteiger partial charge in [0.1, 0.15) is 12.4 Å². The van der Waals surface area contributed by atoms with Gasteiger partial charge in [0.05, 0.1) is 122 Å². The Hall–Kier alpha value is -4.72. The van der Waals surface area contributed by atoms with E-state index in [2.05, 4.69) is 31.9 Å². The van der Waals surface area contributed by atoms with Crippen LogP contribution in [-0.2, 0) is 59.3 Å². The van der Waals surface area contributed by atoms with E-state index in [1.54, 1.807) is 32.4 Å². The Bertz CT molecular complexity index is 2110. The van der Waals surface area contributed by atoms with Crippen LogP contribution in [0.2, 0.25) is 0 Å². The molecular weight excluding hydrogens is 986 g/mol. The zero-order valence-electron chi connectivity index (χ0n) is 43.5. The Labute approximate surface area is 437 Å². The van der Waals surface area contributed by atoms with Gasteiger partial charge in [-0.3, -0.25) is 24.0 Å². The van der Waals surface area contributed by atoms with Crippen LogP contribution in [0.15, 0.2) is 18.2 Å². The smallest absolute Gasteiger partial charge is 0.315 e. The van der Waals surface area contributed by atoms with Crippen molar-refractivity contribution in [3.05, 3.63) is 52.1 Å². The van der Waals surface area contributed by atoms with Crippen LogP contribution in [0.4, 0.5) is 14.9 Å². The fourth-order valence-electron chi connectivity index (χ4n) is 8.84. The molecule has 0 bridgehead atoms. The van der Waals surface area contributed by atoms with Gasteiger partial charge in [-0.25, -0.2) is 9.18 Å². The lowest BCUT2D eigenvalue weighted by atomic mass is 9.92. The predicted octanol–water partition coefficient (Wildman–Crippen LogP) is 3.04. The number of fused-ring (bicyclic) bond motifs is 1. The SMILES string of the molecule is Cc1cc(NC(=O)c2c(C)c(C(=O)C(=O)NC3CCC(OCC(=O)NCCOCCOCCOCCOCCOCCOCCOCCNC(=O)CCCC[C@@H]4SCC5NC(=O)NC54)CC3)n(C)c2C)ccc1F. The van der Waals surface area contributed by atoms with Crippen molar-refractivity contribution in [3.8, 4) is 0 Å². The topological polar surface area (TPSA) is 253 Å². The number of anilines is 1. The first-order valence-electron chi connectivity index (χ1n) is 25.8. The molecule has 1 aromatic carbocycles. The van der Waals surface area contributed by atoms with Crippen molar-refractivity contribution >= 4 is 52.9 Å². The van der Waals surface area contributed by atoms with E-state index in [1.807, 2.05) is 11.8 Å². The minimum absolute atomic E-state index is 0.0261. The van der Waals surface area contributed by atoms with Crippen molar-refractivity contribution in [2.24, 2.45) is 7.05 Å². The van der Waals surface area contributed by atoms with E-state index in [1.165, 1.54) is 18.2 Å². The second-order valence-electron chi connectivity index (χ2n) is 18.4. The van der Waals surface area contributed by atoms with Gasteiger partial charge >= 0.3 is 6.03 Å². The third-order valence-corrected chi connectivity index (χ3v) is 14.4. The van der Waals surface area contributed by atoms with Gasteiger partial charge in [-0.2, -0.15) is 11.8 Å². The molecule has 3 atom stereocenters. The summed E-state index contributed by atoms with van der Waals surface area (Å²) in [5.74, 6) is -1.64. The lowest BCUT2D eigenvalue weighted by molar-refractivity contribution is -0.128. The first-order chi connectivity index (χ1) is 35.8. The number of carbonyl (C=O) groups is 6. The summed E-state index contributed by atoms with van der Waals surface area (Å²) in [5, 5.41) is 17.6. The van der Waals surface area contributed by atoms with Crippen molar-refractivity contribution < 1.29 is 71.1 Å². The van der Waals surface area contributed by atoms with E-state index in [0.717, 1.165) is 25.0 Å². The highest BCUT2D eigenvalue weighted by atomic mass is 32.2. The number of amides is 6. The molecule has 2 aliphatic heterocycles. The number of nitrogens with one attached hydrogen (secondary N) is 6. The Morgan fingerprint density at radius 3 is 1.85 bits per heavy atom. The molecule has 1 saturated carbocycles. The third kappa shape index (κ3) is 20.8. The molecule has 3 aliphatic rings. The predicted molar refractivity (Wildman–Crippen MR) is 274 cm³/mol. The average molecular weight is 1060 g/mol. The number of aromatic nitrogens is 1. The molecule has 23 heteroatoms. The van der Waals surface area contributed by atoms with E-state index in [-0.39, 0.29) is 65.8 Å². The first-order valence-corrected chi connectivity index (χ1v) is 26.8. The van der Waals surface area contributed by atoms with Gasteiger partial charge in [-0.05, 0) is 88.6 Å². The number of carbonyl (C=O) groups excluding carboxylic acids is 6. The van der Waals surface area contributed by atoms with Gasteiger partial charge in [-0.15, -0.1) is 0 Å². The summed E-state index contributed by atoms with van der Waals surface area (Å²) in [7, 11) is 1.63. The molecular formula is C51H78FN7O14S. The minimum atomic E-state index is -0.758. The number of halogens is 1. The Kier molecular flexibility index (Phi) is 27.1. The molecule has 2 saturated heterocycles. The minimum Gasteiger partial charge on any atom is -0.377 e. The molecule has 2 aromatic rings. The molecule has 6 amide bonds. The summed E-state index contributed by atoms with van der Waals surface area (Å²) < 4.78 is 59.7. The molecule has 3 fully saturated rings. The van der Waals surface area contributed by atoms with Crippen molar-refractivity contribution in [2.45, 2.75) is 102 Å². The Balaban J connectivity index is 0.732. The van der Waals surface area contributed by atoms with Crippen LogP contribution >= 0.6 is 11.8 Å². The molecule has 1 aromatic heterocycles. The number of ether oxygens (including phenoxy) is 8. The van der Waals surface area contributed by atoms with Gasteiger partial charge in [0.15, 0.2) is 0 Å². The fraction of sp³-hybridized carbons (Fsp3) is 0.686. The van der Waals surface area contributed by atoms with Crippen LogP contribution in [0.3, 0.4) is 0 Å². The largest absolute Gasteiger partial charge is 0.377 e. The van der Waals surface area contributed by atoms with Crippen LogP contribution in [0.1, 0.15) is 89.0 Å². The van der Waals surface area contributed by atoms with Gasteiger partial charge < -0.3 is 74.4 Å². The number of rotatable bonds is 37. The highest BCUT2D eigenvalue weighted by Gasteiger charge is 2.42. The van der Waals surface area contributed by atoms with Gasteiger partial charge in [0.2, 0.25) is 11.8 Å². The number of hydrogen-bond acceptors (Lipinski definition) is 15. The summed E-state index contributed by atoms with van der Waals surface area (Å²) in [5.41, 5.74) is 2.08. The van der Waals surface area contributed by atoms with E-state index in [4.69, 9.17) is 37.9 Å². The molecule has 74 heavy (non-hydrogen) atoms. The number of Topliss-reactive ketones (excluding diaryl/α,β-unsaturated/α-hetero) is 1. The van der Waals surface area contributed by atoms with Crippen LogP contribution in [0.5, 0.6) is 0 Å². The second kappa shape index (κ2) is 33.3. The molecule has 6 N–H and O–H groups in total. The maximum atomic E-state index is 13.7. The van der Waals surface area contributed by atoms with Crippen LogP contribution < -0.4 is 31.9 Å². The summed E-state index contributed by atoms with van der Waals surface area (Å²) in [6, 6.07) is 4.37. The highest BCUT2D eigenvalue weighted by Crippen LogP contribution is 2.33. The molecule has 0 spiro atoms. The van der Waals surface area contributed by atoms with Crippen molar-refractivity contribution in [3.63, 3.8) is 0 Å². The zero-order valence-corrected chi connectivity index (χ0v) is 44.3. The number of aryl methyl sites for hydroxylation is 1. The average Bonchev–Trinajstić information content (AvgIpc) is 4.01. The van der Waals surface area contributed by atoms with E-state index >= 15 is 0 Å². The molecule has 21 nitrogen and oxygen atoms in total. The summed E-state index contributed by atoms with van der Waals surface area (Å²) >= 11 is 1.89. The monoisotopic (exact) mass is 1060 g/mol. The number of ketones is 1. The lowest BCUT2D eigenvalue weighted by Crippen LogP contribution is -2.43. The number of unbranched alkanes of at least 4 members (excludes halogenated alkanes) is 1. The lowest BCUT2D eigenvalue weighted by Gasteiger charge is -2.28. The second-order valence-corrected chi connectivity index (χ2v) is 19.6. The standard InChI is InChI=1S/C51H78FN7O14S/c1-34-31-38(11-14-40(34)52)56-49(63)45-35(2)47(59(4)36(45)3)48(62)50(64)55-37-9-12-39(13-10-37)73-32-44(61)54-16-18-67-20-22-69-24-26-71-28-30-72-29-27-70-25-23-68-21-19-66-17-15-53-43(60)8-6-5-7-42-46-41(33-74-42)57-51(65)58-46/h11,14,31,37,39,41-42,46H,5-10,12-13,15-30,32-33H2,1-4H3,(H,53,60)(H,54,61)(H,55,64)(H,56,63)(H2,57,58,65)/t37?,39?,41?,42-,46?/m0/s1. The normalized spacial score (nSPS) is 19.1. The highest BCUT2D eigenvalue weighted by molar-refractivity contribution is 8.00. The van der Waals surface area contributed by atoms with Crippen molar-refractivity contribution in [1.82, 2.24) is 31.2 Å². The molecule has 2 unspecified atom stereocenters. The van der Waals surface area contributed by atoms with E-state index in [0.29, 0.717) is 165 Å². The van der Waals surface area contributed by atoms with Crippen LogP contribution in [0.25, 0.3) is 0 Å². The van der Waals surface area contributed by atoms with Crippen LogP contribution in [0, 0.1) is 26.6 Å². The molecule has 414 valence electrons. The summed E-state index contributed by atoms with van der Waals surface area (Å²) in [6.45, 7) is 11.5. The Morgan fingerprint density at radius 2 is 1.28 bits per heavy atom. The number of thioether (sulfide) groups is 1. The van der Waals surface area contributed by atoms with Gasteiger partial charge in [0, 0.05) is 55.0 Å². The summed E-state index contributed by atoms with van der Waals surface area (Å²) in [4.78, 5) is 75.6. The van der Waals surface area contributed by atoms with Crippen molar-refractivity contribution in [2.75, 3.05) is 123 Å². The zero-order chi connectivity index (χ0) is 53.1. The quantitative estimate of drug-likeness (QED) is 0.0246. The fourth-order valence-corrected chi connectivity index (χ4v) is 10.4.